The number of rotatable bonds is 0. The van der Waals surface area contributed by atoms with Gasteiger partial charge in [-0.3, -0.25) is 9.13 Å². The van der Waals surface area contributed by atoms with Gasteiger partial charge in [-0.15, -0.1) is 0 Å². The summed E-state index contributed by atoms with van der Waals surface area (Å²) < 4.78 is 3.64. The van der Waals surface area contributed by atoms with Crippen molar-refractivity contribution in [3.8, 4) is 0 Å². The highest BCUT2D eigenvalue weighted by atomic mass is 16.1. The Labute approximate surface area is 81.6 Å². The molecule has 0 unspecified atom stereocenters. The fraction of sp³-hybridized carbons (Fsp3) is 0.364. The summed E-state index contributed by atoms with van der Waals surface area (Å²) in [5.41, 5.74) is 3.64. The summed E-state index contributed by atoms with van der Waals surface area (Å²) >= 11 is 0. The zero-order valence-corrected chi connectivity index (χ0v) is 8.16. The molecular formula is C11H12N2O. The van der Waals surface area contributed by atoms with Gasteiger partial charge in [-0.1, -0.05) is 12.1 Å². The van der Waals surface area contributed by atoms with Crippen LogP contribution < -0.4 is 5.69 Å². The van der Waals surface area contributed by atoms with Crippen LogP contribution in [0.25, 0.3) is 11.0 Å². The van der Waals surface area contributed by atoms with Crippen molar-refractivity contribution >= 4 is 11.0 Å². The lowest BCUT2D eigenvalue weighted by Crippen LogP contribution is -2.24. The van der Waals surface area contributed by atoms with Gasteiger partial charge >= 0.3 is 5.69 Å². The van der Waals surface area contributed by atoms with Crippen LogP contribution in [-0.4, -0.2) is 9.13 Å². The second-order valence-electron chi connectivity index (χ2n) is 3.88. The molecule has 2 heterocycles. The van der Waals surface area contributed by atoms with Gasteiger partial charge in [0.1, 0.15) is 0 Å². The van der Waals surface area contributed by atoms with Gasteiger partial charge in [0.15, 0.2) is 0 Å². The predicted molar refractivity (Wildman–Crippen MR) is 55.5 cm³/mol. The van der Waals surface area contributed by atoms with E-state index in [0.717, 1.165) is 30.4 Å². The zero-order chi connectivity index (χ0) is 9.71. The van der Waals surface area contributed by atoms with Gasteiger partial charge in [0, 0.05) is 13.6 Å². The standard InChI is InChI=1S/C11H12N2O/c1-12-9-6-2-4-8-5-3-7-13(10(8)9)11(12)14/h2,4,6H,3,5,7H2,1H3. The van der Waals surface area contributed by atoms with Crippen molar-refractivity contribution in [3.05, 3.63) is 34.2 Å². The third-order valence-corrected chi connectivity index (χ3v) is 3.08. The molecule has 0 radical (unpaired) electrons. The predicted octanol–water partition coefficient (Wildman–Crippen LogP) is 1.29. The molecule has 1 aliphatic rings. The average Bonchev–Trinajstić information content (AvgIpc) is 2.47. The topological polar surface area (TPSA) is 26.9 Å². The maximum atomic E-state index is 11.8. The van der Waals surface area contributed by atoms with Gasteiger partial charge in [0.2, 0.25) is 0 Å². The monoisotopic (exact) mass is 188 g/mol. The molecule has 0 N–H and O–H groups in total. The fourth-order valence-corrected chi connectivity index (χ4v) is 2.38. The van der Waals surface area contributed by atoms with Crippen LogP contribution >= 0.6 is 0 Å². The summed E-state index contributed by atoms with van der Waals surface area (Å²) in [7, 11) is 1.84. The highest BCUT2D eigenvalue weighted by Gasteiger charge is 2.16. The highest BCUT2D eigenvalue weighted by Crippen LogP contribution is 2.22. The van der Waals surface area contributed by atoms with E-state index in [4.69, 9.17) is 0 Å². The van der Waals surface area contributed by atoms with Crippen LogP contribution in [0.15, 0.2) is 23.0 Å². The van der Waals surface area contributed by atoms with E-state index in [1.54, 1.807) is 4.57 Å². The number of nitrogens with zero attached hydrogens (tertiary/aromatic N) is 2. The zero-order valence-electron chi connectivity index (χ0n) is 8.16. The summed E-state index contributed by atoms with van der Waals surface area (Å²) in [6.45, 7) is 0.868. The van der Waals surface area contributed by atoms with E-state index >= 15 is 0 Å². The van der Waals surface area contributed by atoms with Crippen LogP contribution in [-0.2, 0) is 20.0 Å². The molecule has 0 saturated carbocycles. The minimum Gasteiger partial charge on any atom is -0.295 e. The Morgan fingerprint density at radius 3 is 3.07 bits per heavy atom. The van der Waals surface area contributed by atoms with Crippen molar-refractivity contribution in [1.82, 2.24) is 9.13 Å². The SMILES string of the molecule is Cn1c(=O)n2c3c(cccc31)CCC2. The first kappa shape index (κ1) is 7.85. The van der Waals surface area contributed by atoms with Gasteiger partial charge < -0.3 is 0 Å². The minimum absolute atomic E-state index is 0.118. The van der Waals surface area contributed by atoms with Crippen LogP contribution in [0.2, 0.25) is 0 Å². The third-order valence-electron chi connectivity index (χ3n) is 3.08. The fourth-order valence-electron chi connectivity index (χ4n) is 2.38. The van der Waals surface area contributed by atoms with Gasteiger partial charge in [0.25, 0.3) is 0 Å². The van der Waals surface area contributed by atoms with Crippen molar-refractivity contribution in [2.24, 2.45) is 7.05 Å². The van der Waals surface area contributed by atoms with Crippen molar-refractivity contribution in [2.45, 2.75) is 19.4 Å². The maximum absolute atomic E-state index is 11.8. The quantitative estimate of drug-likeness (QED) is 0.612. The van der Waals surface area contributed by atoms with Gasteiger partial charge in [-0.2, -0.15) is 0 Å². The number of aromatic nitrogens is 2. The minimum atomic E-state index is 0.118. The molecule has 3 heteroatoms. The first-order chi connectivity index (χ1) is 6.79. The van der Waals surface area contributed by atoms with Crippen molar-refractivity contribution in [3.63, 3.8) is 0 Å². The van der Waals surface area contributed by atoms with E-state index in [2.05, 4.69) is 6.07 Å². The Balaban J connectivity index is 2.61. The molecule has 0 aliphatic carbocycles. The molecule has 1 aromatic heterocycles. The van der Waals surface area contributed by atoms with E-state index < -0.39 is 0 Å². The molecule has 0 fully saturated rings. The van der Waals surface area contributed by atoms with Crippen LogP contribution in [0.5, 0.6) is 0 Å². The van der Waals surface area contributed by atoms with Crippen LogP contribution in [0.1, 0.15) is 12.0 Å². The average molecular weight is 188 g/mol. The normalized spacial score (nSPS) is 14.9. The van der Waals surface area contributed by atoms with E-state index in [1.807, 2.05) is 23.7 Å². The van der Waals surface area contributed by atoms with Gasteiger partial charge in [-0.05, 0) is 24.5 Å². The molecule has 3 rings (SSSR count). The number of hydrogen-bond acceptors (Lipinski definition) is 1. The molecule has 2 aromatic rings. The molecular weight excluding hydrogens is 176 g/mol. The van der Waals surface area contributed by atoms with Crippen molar-refractivity contribution < 1.29 is 0 Å². The molecule has 3 nitrogen and oxygen atoms in total. The molecule has 0 saturated heterocycles. The number of aryl methyl sites for hydroxylation is 3. The van der Waals surface area contributed by atoms with Gasteiger partial charge in [0.05, 0.1) is 11.0 Å². The molecule has 0 atom stereocenters. The van der Waals surface area contributed by atoms with Crippen LogP contribution in [0, 0.1) is 0 Å². The Bertz CT molecular complexity index is 562. The molecule has 14 heavy (non-hydrogen) atoms. The first-order valence-corrected chi connectivity index (χ1v) is 4.96. The van der Waals surface area contributed by atoms with Crippen molar-refractivity contribution in [2.75, 3.05) is 0 Å². The molecule has 72 valence electrons. The number of hydrogen-bond donors (Lipinski definition) is 0. The second kappa shape index (κ2) is 2.50. The number of benzene rings is 1. The van der Waals surface area contributed by atoms with Gasteiger partial charge in [-0.25, -0.2) is 4.79 Å². The van der Waals surface area contributed by atoms with E-state index in [0.29, 0.717) is 0 Å². The van der Waals surface area contributed by atoms with E-state index in [1.165, 1.54) is 5.56 Å². The summed E-state index contributed by atoms with van der Waals surface area (Å²) in [5.74, 6) is 0. The molecule has 0 amide bonds. The van der Waals surface area contributed by atoms with Crippen LogP contribution in [0.4, 0.5) is 0 Å². The largest absolute Gasteiger partial charge is 0.328 e. The number of para-hydroxylation sites is 1. The van der Waals surface area contributed by atoms with E-state index in [-0.39, 0.29) is 5.69 Å². The Hall–Kier alpha value is -1.51. The third kappa shape index (κ3) is 0.794. The summed E-state index contributed by atoms with van der Waals surface area (Å²) in [5, 5.41) is 0. The lowest BCUT2D eigenvalue weighted by Gasteiger charge is -2.12. The Morgan fingerprint density at radius 2 is 2.21 bits per heavy atom. The van der Waals surface area contributed by atoms with Crippen molar-refractivity contribution in [1.29, 1.82) is 0 Å². The summed E-state index contributed by atoms with van der Waals surface area (Å²) in [4.78, 5) is 11.8. The molecule has 1 aromatic carbocycles. The first-order valence-electron chi connectivity index (χ1n) is 4.96. The second-order valence-corrected chi connectivity index (χ2v) is 3.88. The molecule has 0 bridgehead atoms. The molecule has 1 aliphatic heterocycles. The lowest BCUT2D eigenvalue weighted by atomic mass is 10.0. The Kier molecular flexibility index (Phi) is 1.40. The number of imidazole rings is 1. The smallest absolute Gasteiger partial charge is 0.295 e. The van der Waals surface area contributed by atoms with Crippen LogP contribution in [0.3, 0.4) is 0 Å². The van der Waals surface area contributed by atoms with E-state index in [9.17, 15) is 4.79 Å². The lowest BCUT2D eigenvalue weighted by molar-refractivity contribution is 0.603. The maximum Gasteiger partial charge on any atom is 0.328 e. The Morgan fingerprint density at radius 1 is 1.36 bits per heavy atom. The molecule has 0 spiro atoms. The summed E-state index contributed by atoms with van der Waals surface area (Å²) in [6, 6.07) is 6.17. The highest BCUT2D eigenvalue weighted by molar-refractivity contribution is 5.80. The summed E-state index contributed by atoms with van der Waals surface area (Å²) in [6.07, 6.45) is 2.18.